The Morgan fingerprint density at radius 3 is 2.74 bits per heavy atom. The third-order valence-corrected chi connectivity index (χ3v) is 6.78. The van der Waals surface area contributed by atoms with Gasteiger partial charge in [-0.05, 0) is 56.9 Å². The van der Waals surface area contributed by atoms with Crippen LogP contribution in [0.4, 0.5) is 10.8 Å². The zero-order valence-corrected chi connectivity index (χ0v) is 20.2. The van der Waals surface area contributed by atoms with E-state index in [1.54, 1.807) is 25.1 Å². The van der Waals surface area contributed by atoms with E-state index >= 15 is 0 Å². The molecule has 8 heteroatoms. The Bertz CT molecular complexity index is 1130. The number of anilines is 2. The topological polar surface area (TPSA) is 89.5 Å². The fourth-order valence-electron chi connectivity index (χ4n) is 4.02. The molecule has 0 spiro atoms. The summed E-state index contributed by atoms with van der Waals surface area (Å²) in [6.07, 6.45) is 2.86. The molecule has 1 amide bonds. The van der Waals surface area contributed by atoms with E-state index in [0.717, 1.165) is 24.8 Å². The summed E-state index contributed by atoms with van der Waals surface area (Å²) in [5, 5.41) is 6.94. The Balaban J connectivity index is 1.37. The lowest BCUT2D eigenvalue weighted by molar-refractivity contribution is 0.0272. The van der Waals surface area contributed by atoms with Crippen LogP contribution in [-0.4, -0.2) is 35.6 Å². The number of rotatable bonds is 9. The second kappa shape index (κ2) is 11.3. The van der Waals surface area contributed by atoms with Crippen LogP contribution >= 0.6 is 11.3 Å². The first-order valence-electron chi connectivity index (χ1n) is 11.5. The molecule has 3 aromatic rings. The number of esters is 1. The minimum absolute atomic E-state index is 0.000551. The molecule has 0 aliphatic heterocycles. The van der Waals surface area contributed by atoms with E-state index in [4.69, 9.17) is 9.47 Å². The lowest BCUT2D eigenvalue weighted by atomic mass is 10.2. The second-order valence-corrected chi connectivity index (χ2v) is 9.20. The van der Waals surface area contributed by atoms with Crippen LogP contribution in [0.5, 0.6) is 0 Å². The molecule has 7 nitrogen and oxygen atoms in total. The fraction of sp³-hybridized carbons (Fsp3) is 0.346. The van der Waals surface area contributed by atoms with E-state index in [9.17, 15) is 9.59 Å². The molecule has 0 radical (unpaired) electrons. The molecule has 0 saturated heterocycles. The summed E-state index contributed by atoms with van der Waals surface area (Å²) in [4.78, 5) is 30.1. The van der Waals surface area contributed by atoms with Gasteiger partial charge in [0.25, 0.3) is 5.91 Å². The quantitative estimate of drug-likeness (QED) is 0.408. The summed E-state index contributed by atoms with van der Waals surface area (Å²) >= 11 is 1.29. The van der Waals surface area contributed by atoms with Gasteiger partial charge in [-0.2, -0.15) is 0 Å². The highest BCUT2D eigenvalue weighted by atomic mass is 32.1. The molecule has 1 heterocycles. The standard InChI is InChI=1S/C26H29N3O4S/c1-3-32-25(31)19-11-7-12-20(15-19)28-26-27-17(2)23(34-26)24(30)29-21-13-8-14-22(21)33-16-18-9-5-4-6-10-18/h4-7,9-12,15,21-22H,3,8,13-14,16H2,1-2H3,(H,27,28)(H,29,30)/t21-,22-/m0/s1. The third kappa shape index (κ3) is 6.01. The van der Waals surface area contributed by atoms with E-state index in [1.807, 2.05) is 43.3 Å². The molecular weight excluding hydrogens is 450 g/mol. The van der Waals surface area contributed by atoms with Crippen molar-refractivity contribution in [2.45, 2.75) is 51.9 Å². The fourth-order valence-corrected chi connectivity index (χ4v) is 4.91. The minimum Gasteiger partial charge on any atom is -0.462 e. The van der Waals surface area contributed by atoms with Crippen molar-refractivity contribution < 1.29 is 19.1 Å². The van der Waals surface area contributed by atoms with E-state index in [1.165, 1.54) is 11.3 Å². The maximum Gasteiger partial charge on any atom is 0.338 e. The Labute approximate surface area is 203 Å². The monoisotopic (exact) mass is 479 g/mol. The number of ether oxygens (including phenoxy) is 2. The lowest BCUT2D eigenvalue weighted by Gasteiger charge is -2.21. The molecule has 34 heavy (non-hydrogen) atoms. The summed E-state index contributed by atoms with van der Waals surface area (Å²) in [6, 6.07) is 17.1. The number of hydrogen-bond acceptors (Lipinski definition) is 7. The minimum atomic E-state index is -0.373. The Hall–Kier alpha value is -3.23. The second-order valence-electron chi connectivity index (χ2n) is 8.21. The summed E-state index contributed by atoms with van der Waals surface area (Å²) in [7, 11) is 0. The number of amides is 1. The van der Waals surface area contributed by atoms with Gasteiger partial charge in [0, 0.05) is 5.69 Å². The zero-order chi connectivity index (χ0) is 23.9. The number of hydrogen-bond donors (Lipinski definition) is 2. The highest BCUT2D eigenvalue weighted by molar-refractivity contribution is 7.17. The van der Waals surface area contributed by atoms with Gasteiger partial charge in [-0.3, -0.25) is 4.79 Å². The molecule has 0 unspecified atom stereocenters. The van der Waals surface area contributed by atoms with Crippen LogP contribution in [0.2, 0.25) is 0 Å². The molecule has 1 aromatic heterocycles. The molecule has 2 aromatic carbocycles. The van der Waals surface area contributed by atoms with Crippen molar-refractivity contribution in [3.05, 3.63) is 76.3 Å². The lowest BCUT2D eigenvalue weighted by Crippen LogP contribution is -2.41. The van der Waals surface area contributed by atoms with Crippen molar-refractivity contribution >= 4 is 34.0 Å². The summed E-state index contributed by atoms with van der Waals surface area (Å²) in [5.41, 5.74) is 2.95. The van der Waals surface area contributed by atoms with Crippen molar-refractivity contribution in [2.24, 2.45) is 0 Å². The van der Waals surface area contributed by atoms with Gasteiger partial charge in [-0.25, -0.2) is 9.78 Å². The van der Waals surface area contributed by atoms with Gasteiger partial charge in [0.05, 0.1) is 36.6 Å². The predicted octanol–water partition coefficient (Wildman–Crippen LogP) is 5.24. The first-order valence-corrected chi connectivity index (χ1v) is 12.3. The van der Waals surface area contributed by atoms with Gasteiger partial charge in [0.2, 0.25) is 0 Å². The molecule has 4 rings (SSSR count). The van der Waals surface area contributed by atoms with Gasteiger partial charge < -0.3 is 20.1 Å². The molecule has 2 atom stereocenters. The molecule has 1 aliphatic carbocycles. The normalized spacial score (nSPS) is 17.4. The summed E-state index contributed by atoms with van der Waals surface area (Å²) in [6.45, 7) is 4.45. The van der Waals surface area contributed by atoms with Crippen LogP contribution in [0.25, 0.3) is 0 Å². The molecule has 2 N–H and O–H groups in total. The average Bonchev–Trinajstić information content (AvgIpc) is 3.44. The number of carbonyl (C=O) groups excluding carboxylic acids is 2. The number of benzene rings is 2. The molecule has 1 fully saturated rings. The third-order valence-electron chi connectivity index (χ3n) is 5.70. The number of thiazole rings is 1. The zero-order valence-electron chi connectivity index (χ0n) is 19.4. The highest BCUT2D eigenvalue weighted by Crippen LogP contribution is 2.28. The van der Waals surface area contributed by atoms with Gasteiger partial charge >= 0.3 is 5.97 Å². The SMILES string of the molecule is CCOC(=O)c1cccc(Nc2nc(C)c(C(=O)N[C@H]3CCC[C@@H]3OCc3ccccc3)s2)c1. The Morgan fingerprint density at radius 2 is 1.94 bits per heavy atom. The van der Waals surface area contributed by atoms with Crippen molar-refractivity contribution in [3.8, 4) is 0 Å². The largest absolute Gasteiger partial charge is 0.462 e. The first kappa shape index (κ1) is 23.9. The number of carbonyl (C=O) groups is 2. The molecule has 1 aliphatic rings. The molecule has 178 valence electrons. The van der Waals surface area contributed by atoms with Crippen LogP contribution in [0.3, 0.4) is 0 Å². The van der Waals surface area contributed by atoms with E-state index in [0.29, 0.717) is 40.2 Å². The van der Waals surface area contributed by atoms with E-state index in [2.05, 4.69) is 15.6 Å². The number of nitrogens with one attached hydrogen (secondary N) is 2. The van der Waals surface area contributed by atoms with Crippen molar-refractivity contribution in [1.82, 2.24) is 10.3 Å². The first-order chi connectivity index (χ1) is 16.5. The van der Waals surface area contributed by atoms with Crippen LogP contribution in [0, 0.1) is 6.92 Å². The van der Waals surface area contributed by atoms with Gasteiger partial charge in [0.15, 0.2) is 5.13 Å². The smallest absolute Gasteiger partial charge is 0.338 e. The van der Waals surface area contributed by atoms with Gasteiger partial charge in [-0.1, -0.05) is 47.7 Å². The Kier molecular flexibility index (Phi) is 7.92. The van der Waals surface area contributed by atoms with Gasteiger partial charge in [-0.15, -0.1) is 0 Å². The van der Waals surface area contributed by atoms with Crippen LogP contribution in [0.1, 0.15) is 57.5 Å². The number of aromatic nitrogens is 1. The van der Waals surface area contributed by atoms with Crippen molar-refractivity contribution in [2.75, 3.05) is 11.9 Å². The van der Waals surface area contributed by atoms with E-state index in [-0.39, 0.29) is 24.0 Å². The van der Waals surface area contributed by atoms with Crippen LogP contribution in [0.15, 0.2) is 54.6 Å². The number of nitrogens with zero attached hydrogens (tertiary/aromatic N) is 1. The highest BCUT2D eigenvalue weighted by Gasteiger charge is 2.30. The molecule has 0 bridgehead atoms. The van der Waals surface area contributed by atoms with Crippen molar-refractivity contribution in [1.29, 1.82) is 0 Å². The molecule has 1 saturated carbocycles. The average molecular weight is 480 g/mol. The summed E-state index contributed by atoms with van der Waals surface area (Å²) in [5.74, 6) is -0.509. The predicted molar refractivity (Wildman–Crippen MR) is 133 cm³/mol. The number of aryl methyl sites for hydroxylation is 1. The maximum atomic E-state index is 13.0. The maximum absolute atomic E-state index is 13.0. The summed E-state index contributed by atoms with van der Waals surface area (Å²) < 4.78 is 11.2. The van der Waals surface area contributed by atoms with Crippen LogP contribution < -0.4 is 10.6 Å². The molecular formula is C26H29N3O4S. The van der Waals surface area contributed by atoms with Gasteiger partial charge in [0.1, 0.15) is 4.88 Å². The van der Waals surface area contributed by atoms with Crippen molar-refractivity contribution in [3.63, 3.8) is 0 Å². The van der Waals surface area contributed by atoms with Crippen LogP contribution in [-0.2, 0) is 16.1 Å². The van der Waals surface area contributed by atoms with E-state index < -0.39 is 0 Å². The Morgan fingerprint density at radius 1 is 1.12 bits per heavy atom.